The maximum atomic E-state index is 12.3. The second kappa shape index (κ2) is 8.26. The molecule has 1 aromatic heterocycles. The van der Waals surface area contributed by atoms with Crippen molar-refractivity contribution < 1.29 is 14.5 Å². The van der Waals surface area contributed by atoms with Gasteiger partial charge in [-0.3, -0.25) is 14.9 Å². The highest BCUT2D eigenvalue weighted by molar-refractivity contribution is 7.10. The summed E-state index contributed by atoms with van der Waals surface area (Å²) in [5.41, 5.74) is 0.891. The van der Waals surface area contributed by atoms with E-state index in [0.717, 1.165) is 10.4 Å². The molecule has 6 nitrogen and oxygen atoms in total. The van der Waals surface area contributed by atoms with Gasteiger partial charge in [0.05, 0.1) is 17.0 Å². The third kappa shape index (κ3) is 4.46. The molecule has 26 heavy (non-hydrogen) atoms. The van der Waals surface area contributed by atoms with Gasteiger partial charge in [-0.15, -0.1) is 11.3 Å². The predicted octanol–water partition coefficient (Wildman–Crippen LogP) is 3.94. The van der Waals surface area contributed by atoms with Gasteiger partial charge in [0.1, 0.15) is 5.75 Å². The van der Waals surface area contributed by atoms with Crippen LogP contribution in [0, 0.1) is 10.1 Å². The summed E-state index contributed by atoms with van der Waals surface area (Å²) in [6.45, 7) is -0.226. The maximum Gasteiger partial charge on any atom is 0.273 e. The summed E-state index contributed by atoms with van der Waals surface area (Å²) in [4.78, 5) is 23.7. The molecule has 0 bridgehead atoms. The van der Waals surface area contributed by atoms with E-state index >= 15 is 0 Å². The Morgan fingerprint density at radius 1 is 1.12 bits per heavy atom. The van der Waals surface area contributed by atoms with Gasteiger partial charge >= 0.3 is 0 Å². The summed E-state index contributed by atoms with van der Waals surface area (Å²) in [6, 6.07) is 19.0. The molecule has 7 heteroatoms. The number of nitro benzene ring substituents is 1. The van der Waals surface area contributed by atoms with Crippen LogP contribution in [0.3, 0.4) is 0 Å². The number of amides is 1. The number of benzene rings is 2. The Bertz CT molecular complexity index is 882. The fourth-order valence-corrected chi connectivity index (χ4v) is 3.26. The minimum atomic E-state index is -0.505. The Kier molecular flexibility index (Phi) is 5.60. The molecule has 1 N–H and O–H groups in total. The van der Waals surface area contributed by atoms with E-state index in [2.05, 4.69) is 5.32 Å². The second-order valence-corrected chi connectivity index (χ2v) is 6.45. The Morgan fingerprint density at radius 2 is 1.92 bits per heavy atom. The van der Waals surface area contributed by atoms with Crippen LogP contribution in [-0.4, -0.2) is 17.4 Å². The fourth-order valence-electron chi connectivity index (χ4n) is 2.46. The molecule has 0 aliphatic heterocycles. The molecule has 0 unspecified atom stereocenters. The van der Waals surface area contributed by atoms with Crippen molar-refractivity contribution in [2.45, 2.75) is 6.04 Å². The summed E-state index contributed by atoms with van der Waals surface area (Å²) in [6.07, 6.45) is 0. The quantitative estimate of drug-likeness (QED) is 0.506. The van der Waals surface area contributed by atoms with Crippen LogP contribution < -0.4 is 10.1 Å². The molecule has 132 valence electrons. The van der Waals surface area contributed by atoms with E-state index < -0.39 is 4.92 Å². The lowest BCUT2D eigenvalue weighted by Gasteiger charge is -2.18. The Balaban J connectivity index is 1.67. The monoisotopic (exact) mass is 368 g/mol. The van der Waals surface area contributed by atoms with Gasteiger partial charge in [-0.25, -0.2) is 0 Å². The van der Waals surface area contributed by atoms with Gasteiger partial charge in [-0.1, -0.05) is 42.5 Å². The number of nitrogens with zero attached hydrogens (tertiary/aromatic N) is 1. The van der Waals surface area contributed by atoms with Crippen molar-refractivity contribution in [1.29, 1.82) is 0 Å². The largest absolute Gasteiger partial charge is 0.484 e. The summed E-state index contributed by atoms with van der Waals surface area (Å²) in [5, 5.41) is 15.7. The van der Waals surface area contributed by atoms with Crippen LogP contribution in [0.15, 0.2) is 72.1 Å². The van der Waals surface area contributed by atoms with Crippen LogP contribution >= 0.6 is 11.3 Å². The van der Waals surface area contributed by atoms with E-state index in [0.29, 0.717) is 0 Å². The van der Waals surface area contributed by atoms with Crippen molar-refractivity contribution in [1.82, 2.24) is 5.32 Å². The lowest BCUT2D eigenvalue weighted by molar-refractivity contribution is -0.384. The lowest BCUT2D eigenvalue weighted by atomic mass is 10.1. The molecule has 3 aromatic rings. The summed E-state index contributed by atoms with van der Waals surface area (Å²) in [7, 11) is 0. The van der Waals surface area contributed by atoms with Gasteiger partial charge in [0.2, 0.25) is 0 Å². The Morgan fingerprint density at radius 3 is 2.62 bits per heavy atom. The van der Waals surface area contributed by atoms with Gasteiger partial charge in [-0.05, 0) is 23.1 Å². The highest BCUT2D eigenvalue weighted by Gasteiger charge is 2.18. The molecular weight excluding hydrogens is 352 g/mol. The number of thiophene rings is 1. The van der Waals surface area contributed by atoms with Gasteiger partial charge in [0.15, 0.2) is 6.61 Å². The van der Waals surface area contributed by atoms with Crippen molar-refractivity contribution >= 4 is 22.9 Å². The minimum Gasteiger partial charge on any atom is -0.484 e. The molecule has 0 aliphatic carbocycles. The highest BCUT2D eigenvalue weighted by Crippen LogP contribution is 2.26. The normalized spacial score (nSPS) is 11.5. The molecule has 1 amide bonds. The number of hydrogen-bond donors (Lipinski definition) is 1. The predicted molar refractivity (Wildman–Crippen MR) is 99.3 cm³/mol. The molecule has 1 atom stereocenters. The number of ether oxygens (including phenoxy) is 1. The van der Waals surface area contributed by atoms with Crippen LogP contribution in [-0.2, 0) is 4.79 Å². The first-order chi connectivity index (χ1) is 12.6. The molecule has 0 saturated carbocycles. The third-order valence-electron chi connectivity index (χ3n) is 3.66. The Hall–Kier alpha value is -3.19. The molecule has 2 aromatic carbocycles. The highest BCUT2D eigenvalue weighted by atomic mass is 32.1. The number of carbonyl (C=O) groups is 1. The summed E-state index contributed by atoms with van der Waals surface area (Å²) < 4.78 is 5.40. The molecule has 0 saturated heterocycles. The zero-order valence-electron chi connectivity index (χ0n) is 13.7. The molecule has 1 heterocycles. The first-order valence-electron chi connectivity index (χ1n) is 7.88. The standard InChI is InChI=1S/C19H16N2O4S/c22-18(13-25-16-9-4-8-15(12-16)21(23)24)20-19(17-10-5-11-26-17)14-6-2-1-3-7-14/h1-12,19H,13H2,(H,20,22)/t19-/m1/s1. The zero-order chi connectivity index (χ0) is 18.4. The Labute approximate surface area is 154 Å². The average molecular weight is 368 g/mol. The van der Waals surface area contributed by atoms with Crippen LogP contribution in [0.25, 0.3) is 0 Å². The van der Waals surface area contributed by atoms with E-state index in [1.165, 1.54) is 18.2 Å². The van der Waals surface area contributed by atoms with E-state index in [4.69, 9.17) is 4.74 Å². The van der Waals surface area contributed by atoms with Crippen molar-refractivity contribution in [2.24, 2.45) is 0 Å². The molecule has 3 rings (SSSR count). The van der Waals surface area contributed by atoms with Crippen LogP contribution in [0.2, 0.25) is 0 Å². The van der Waals surface area contributed by atoms with Crippen molar-refractivity contribution in [3.05, 3.63) is 92.7 Å². The molecule has 0 radical (unpaired) electrons. The number of carbonyl (C=O) groups excluding carboxylic acids is 1. The first-order valence-corrected chi connectivity index (χ1v) is 8.76. The first kappa shape index (κ1) is 17.6. The van der Waals surface area contributed by atoms with Crippen LogP contribution in [0.1, 0.15) is 16.5 Å². The van der Waals surface area contributed by atoms with Crippen molar-refractivity contribution in [3.63, 3.8) is 0 Å². The topological polar surface area (TPSA) is 81.5 Å². The number of rotatable bonds is 7. The number of nitro groups is 1. The van der Waals surface area contributed by atoms with Crippen LogP contribution in [0.4, 0.5) is 5.69 Å². The third-order valence-corrected chi connectivity index (χ3v) is 4.60. The van der Waals surface area contributed by atoms with Crippen molar-refractivity contribution in [3.8, 4) is 5.75 Å². The SMILES string of the molecule is O=C(COc1cccc([N+](=O)[O-])c1)N[C@H](c1ccccc1)c1cccs1. The van der Waals surface area contributed by atoms with Gasteiger partial charge < -0.3 is 10.1 Å². The van der Waals surface area contributed by atoms with E-state index in [-0.39, 0.29) is 30.0 Å². The second-order valence-electron chi connectivity index (χ2n) is 5.47. The van der Waals surface area contributed by atoms with Gasteiger partial charge in [0, 0.05) is 10.9 Å². The minimum absolute atomic E-state index is 0.0799. The lowest BCUT2D eigenvalue weighted by Crippen LogP contribution is -2.32. The number of non-ortho nitro benzene ring substituents is 1. The molecule has 0 aliphatic rings. The fraction of sp³-hybridized carbons (Fsp3) is 0.105. The van der Waals surface area contributed by atoms with E-state index in [9.17, 15) is 14.9 Å². The van der Waals surface area contributed by atoms with Crippen molar-refractivity contribution in [2.75, 3.05) is 6.61 Å². The molecule has 0 fully saturated rings. The van der Waals surface area contributed by atoms with E-state index in [1.54, 1.807) is 17.4 Å². The number of nitrogens with one attached hydrogen (secondary N) is 1. The van der Waals surface area contributed by atoms with Gasteiger partial charge in [0.25, 0.3) is 11.6 Å². The van der Waals surface area contributed by atoms with Gasteiger partial charge in [-0.2, -0.15) is 0 Å². The van der Waals surface area contributed by atoms with Crippen LogP contribution in [0.5, 0.6) is 5.75 Å². The molecule has 0 spiro atoms. The number of hydrogen-bond acceptors (Lipinski definition) is 5. The molecular formula is C19H16N2O4S. The van der Waals surface area contributed by atoms with E-state index in [1.807, 2.05) is 47.8 Å². The summed E-state index contributed by atoms with van der Waals surface area (Å²) in [5.74, 6) is -0.0273. The average Bonchev–Trinajstić information content (AvgIpc) is 3.20. The maximum absolute atomic E-state index is 12.3. The summed E-state index contributed by atoms with van der Waals surface area (Å²) >= 11 is 1.56. The smallest absolute Gasteiger partial charge is 0.273 e. The zero-order valence-corrected chi connectivity index (χ0v) is 14.5.